The number of hydrogen-bond donors (Lipinski definition) is 1. The Morgan fingerprint density at radius 1 is 1.20 bits per heavy atom. The number of amides is 1. The first kappa shape index (κ1) is 20.3. The van der Waals surface area contributed by atoms with Gasteiger partial charge in [0.25, 0.3) is 0 Å². The Labute approximate surface area is 180 Å². The molecule has 0 saturated heterocycles. The van der Waals surface area contributed by atoms with Crippen LogP contribution in [0.4, 0.5) is 5.82 Å². The molecule has 1 N–H and O–H groups in total. The molecule has 0 saturated carbocycles. The number of nitrogens with zero attached hydrogens (tertiary/aromatic N) is 2. The molecule has 0 unspecified atom stereocenters. The van der Waals surface area contributed by atoms with E-state index in [1.165, 1.54) is 5.56 Å². The number of hydrogen-bond acceptors (Lipinski definition) is 5. The van der Waals surface area contributed by atoms with Gasteiger partial charge in [-0.15, -0.1) is 11.8 Å². The van der Waals surface area contributed by atoms with Crippen molar-refractivity contribution in [2.24, 2.45) is 7.05 Å². The lowest BCUT2D eigenvalue weighted by atomic mass is 10.0. The number of rotatable bonds is 5. The summed E-state index contributed by atoms with van der Waals surface area (Å²) in [5, 5.41) is 7.48. The summed E-state index contributed by atoms with van der Waals surface area (Å²) in [5.41, 5.74) is 5.31. The molecule has 0 radical (unpaired) electrons. The van der Waals surface area contributed by atoms with E-state index in [0.717, 1.165) is 28.2 Å². The maximum absolute atomic E-state index is 12.2. The van der Waals surface area contributed by atoms with Crippen LogP contribution in [0.3, 0.4) is 0 Å². The maximum atomic E-state index is 12.2. The molecule has 3 aromatic rings. The van der Waals surface area contributed by atoms with Crippen molar-refractivity contribution in [1.29, 1.82) is 0 Å². The van der Waals surface area contributed by atoms with Crippen LogP contribution in [0.15, 0.2) is 42.5 Å². The number of thioether (sulfide) groups is 1. The van der Waals surface area contributed by atoms with Gasteiger partial charge in [-0.3, -0.25) is 9.48 Å². The number of aromatic nitrogens is 2. The first-order valence-corrected chi connectivity index (χ1v) is 10.8. The molecule has 156 valence electrons. The SMILES string of the molecule is COc1ccc([C@H]2SCC(=O)Nc3c2c(C)nn3C)cc1OCc1ccccc1C. The molecule has 0 bridgehead atoms. The standard InChI is InChI=1S/C23H25N3O3S/c1-14-7-5-6-8-17(14)12-29-19-11-16(9-10-18(19)28-4)22-21-15(2)25-26(3)23(21)24-20(27)13-30-22/h5-11,22H,12-13H2,1-4H3,(H,24,27)/t22-/m1/s1. The highest BCUT2D eigenvalue weighted by Gasteiger charge is 2.30. The van der Waals surface area contributed by atoms with E-state index in [1.807, 2.05) is 44.3 Å². The highest BCUT2D eigenvalue weighted by Crippen LogP contribution is 2.45. The number of aryl methyl sites for hydroxylation is 3. The van der Waals surface area contributed by atoms with E-state index in [1.54, 1.807) is 23.6 Å². The van der Waals surface area contributed by atoms with Crippen molar-refractivity contribution in [2.45, 2.75) is 25.7 Å². The Bertz CT molecular complexity index is 1090. The average Bonchev–Trinajstić information content (AvgIpc) is 2.90. The second-order valence-electron chi connectivity index (χ2n) is 7.34. The molecule has 30 heavy (non-hydrogen) atoms. The normalized spacial score (nSPS) is 15.9. The van der Waals surface area contributed by atoms with Gasteiger partial charge in [0.15, 0.2) is 11.5 Å². The summed E-state index contributed by atoms with van der Waals surface area (Å²) in [7, 11) is 3.49. The number of methoxy groups -OCH3 is 1. The van der Waals surface area contributed by atoms with Gasteiger partial charge in [0.1, 0.15) is 12.4 Å². The van der Waals surface area contributed by atoms with Crippen molar-refractivity contribution < 1.29 is 14.3 Å². The molecule has 1 aliphatic rings. The second kappa shape index (κ2) is 8.44. The van der Waals surface area contributed by atoms with Crippen molar-refractivity contribution in [3.63, 3.8) is 0 Å². The quantitative estimate of drug-likeness (QED) is 0.659. The van der Waals surface area contributed by atoms with Crippen LogP contribution < -0.4 is 14.8 Å². The van der Waals surface area contributed by atoms with Crippen LogP contribution in [0.5, 0.6) is 11.5 Å². The number of benzene rings is 2. The molecule has 1 aromatic heterocycles. The van der Waals surface area contributed by atoms with Crippen LogP contribution in [-0.4, -0.2) is 28.6 Å². The van der Waals surface area contributed by atoms with Gasteiger partial charge >= 0.3 is 0 Å². The highest BCUT2D eigenvalue weighted by atomic mass is 32.2. The molecule has 0 spiro atoms. The third kappa shape index (κ3) is 3.89. The summed E-state index contributed by atoms with van der Waals surface area (Å²) >= 11 is 1.59. The van der Waals surface area contributed by atoms with E-state index in [4.69, 9.17) is 9.47 Å². The molecule has 0 fully saturated rings. The van der Waals surface area contributed by atoms with E-state index in [2.05, 4.69) is 29.5 Å². The van der Waals surface area contributed by atoms with Crippen molar-refractivity contribution >= 4 is 23.5 Å². The summed E-state index contributed by atoms with van der Waals surface area (Å²) in [6.45, 7) is 4.51. The summed E-state index contributed by atoms with van der Waals surface area (Å²) in [4.78, 5) is 12.2. The lowest BCUT2D eigenvalue weighted by Crippen LogP contribution is -2.15. The molecule has 7 heteroatoms. The molecular formula is C23H25N3O3S. The summed E-state index contributed by atoms with van der Waals surface area (Å²) in [6.07, 6.45) is 0. The van der Waals surface area contributed by atoms with E-state index in [9.17, 15) is 4.79 Å². The smallest absolute Gasteiger partial charge is 0.235 e. The Morgan fingerprint density at radius 3 is 2.77 bits per heavy atom. The summed E-state index contributed by atoms with van der Waals surface area (Å²) < 4.78 is 13.4. The number of carbonyl (C=O) groups is 1. The Kier molecular flexibility index (Phi) is 5.72. The minimum atomic E-state index is -0.0284. The molecule has 1 amide bonds. The zero-order chi connectivity index (χ0) is 21.3. The lowest BCUT2D eigenvalue weighted by Gasteiger charge is -2.18. The molecule has 2 heterocycles. The fourth-order valence-electron chi connectivity index (χ4n) is 3.71. The molecule has 1 atom stereocenters. The van der Waals surface area contributed by atoms with Crippen molar-refractivity contribution in [3.8, 4) is 11.5 Å². The zero-order valence-corrected chi connectivity index (χ0v) is 18.4. The number of carbonyl (C=O) groups excluding carboxylic acids is 1. The first-order chi connectivity index (χ1) is 14.5. The van der Waals surface area contributed by atoms with Crippen LogP contribution in [0.25, 0.3) is 0 Å². The molecule has 2 aromatic carbocycles. The van der Waals surface area contributed by atoms with Gasteiger partial charge in [0.05, 0.1) is 23.8 Å². The first-order valence-electron chi connectivity index (χ1n) is 9.78. The molecular weight excluding hydrogens is 398 g/mol. The van der Waals surface area contributed by atoms with Crippen molar-refractivity contribution in [2.75, 3.05) is 18.2 Å². The molecule has 1 aliphatic heterocycles. The van der Waals surface area contributed by atoms with Gasteiger partial charge in [-0.1, -0.05) is 30.3 Å². The van der Waals surface area contributed by atoms with E-state index >= 15 is 0 Å². The third-order valence-corrected chi connectivity index (χ3v) is 6.57. The largest absolute Gasteiger partial charge is 0.493 e. The maximum Gasteiger partial charge on any atom is 0.235 e. The van der Waals surface area contributed by atoms with Gasteiger partial charge in [0.2, 0.25) is 5.91 Å². The van der Waals surface area contributed by atoms with Crippen LogP contribution in [0, 0.1) is 13.8 Å². The number of anilines is 1. The minimum Gasteiger partial charge on any atom is -0.493 e. The average molecular weight is 424 g/mol. The number of fused-ring (bicyclic) bond motifs is 1. The van der Waals surface area contributed by atoms with Crippen molar-refractivity contribution in [1.82, 2.24) is 9.78 Å². The van der Waals surface area contributed by atoms with Crippen molar-refractivity contribution in [3.05, 3.63) is 70.4 Å². The van der Waals surface area contributed by atoms with Gasteiger partial charge in [-0.25, -0.2) is 0 Å². The summed E-state index contributed by atoms with van der Waals surface area (Å²) in [5.74, 6) is 2.49. The fourth-order valence-corrected chi connectivity index (χ4v) is 4.88. The Balaban J connectivity index is 1.69. The minimum absolute atomic E-state index is 0.0173. The predicted octanol–water partition coefficient (Wildman–Crippen LogP) is 4.40. The Morgan fingerprint density at radius 2 is 2.00 bits per heavy atom. The molecule has 4 rings (SSSR count). The van der Waals surface area contributed by atoms with Gasteiger partial charge in [-0.2, -0.15) is 5.10 Å². The highest BCUT2D eigenvalue weighted by molar-refractivity contribution is 8.00. The Hall–Kier alpha value is -2.93. The number of nitrogens with one attached hydrogen (secondary N) is 1. The van der Waals surface area contributed by atoms with Gasteiger partial charge in [-0.05, 0) is 42.7 Å². The van der Waals surface area contributed by atoms with Crippen LogP contribution in [0.1, 0.15) is 33.2 Å². The van der Waals surface area contributed by atoms with Crippen LogP contribution in [-0.2, 0) is 18.4 Å². The zero-order valence-electron chi connectivity index (χ0n) is 17.6. The predicted molar refractivity (Wildman–Crippen MR) is 119 cm³/mol. The van der Waals surface area contributed by atoms with E-state index in [-0.39, 0.29) is 11.2 Å². The molecule has 6 nitrogen and oxygen atoms in total. The third-order valence-electron chi connectivity index (χ3n) is 5.30. The topological polar surface area (TPSA) is 65.4 Å². The van der Waals surface area contributed by atoms with Crippen LogP contribution in [0.2, 0.25) is 0 Å². The lowest BCUT2D eigenvalue weighted by molar-refractivity contribution is -0.113. The monoisotopic (exact) mass is 423 g/mol. The van der Waals surface area contributed by atoms with Crippen LogP contribution >= 0.6 is 11.8 Å². The molecule has 0 aliphatic carbocycles. The number of ether oxygens (including phenoxy) is 2. The summed E-state index contributed by atoms with van der Waals surface area (Å²) in [6, 6.07) is 14.1. The van der Waals surface area contributed by atoms with E-state index in [0.29, 0.717) is 23.9 Å². The fraction of sp³-hybridized carbons (Fsp3) is 0.304. The van der Waals surface area contributed by atoms with Gasteiger partial charge < -0.3 is 14.8 Å². The second-order valence-corrected chi connectivity index (χ2v) is 8.43. The van der Waals surface area contributed by atoms with E-state index < -0.39 is 0 Å². The van der Waals surface area contributed by atoms with Gasteiger partial charge in [0, 0.05) is 12.6 Å².